The van der Waals surface area contributed by atoms with Crippen LogP contribution in [0.4, 0.5) is 0 Å². The number of nitrogens with zero attached hydrogens (tertiary/aromatic N) is 1. The predicted molar refractivity (Wildman–Crippen MR) is 48.3 cm³/mol. The van der Waals surface area contributed by atoms with Gasteiger partial charge < -0.3 is 15.9 Å². The van der Waals surface area contributed by atoms with Crippen molar-refractivity contribution in [3.05, 3.63) is 0 Å². The monoisotopic (exact) mass is 176 g/mol. The van der Waals surface area contributed by atoms with E-state index in [-0.39, 0.29) is 0 Å². The summed E-state index contributed by atoms with van der Waals surface area (Å²) in [6.07, 6.45) is -0.766. The van der Waals surface area contributed by atoms with E-state index in [0.29, 0.717) is 0 Å². The lowest BCUT2D eigenvalue weighted by Crippen LogP contribution is -2.59. The van der Waals surface area contributed by atoms with Gasteiger partial charge in [-0.3, -0.25) is 4.90 Å². The molecule has 4 nitrogen and oxygen atoms in total. The largest absolute Gasteiger partial charge is 0.378 e. The maximum atomic E-state index is 9.68. The molecule has 0 fully saturated rings. The Kier molecular flexibility index (Phi) is 3.25. The Balaban J connectivity index is 4.61. The molecule has 12 heavy (non-hydrogen) atoms. The van der Waals surface area contributed by atoms with Gasteiger partial charge in [0.1, 0.15) is 12.0 Å². The molecule has 0 aliphatic carbocycles. The lowest BCUT2D eigenvalue weighted by Gasteiger charge is -2.42. The third-order valence-electron chi connectivity index (χ3n) is 2.44. The molecule has 2 unspecified atom stereocenters. The first-order valence-corrected chi connectivity index (χ1v) is 3.96. The second-order valence-corrected chi connectivity index (χ2v) is 4.21. The van der Waals surface area contributed by atoms with E-state index in [9.17, 15) is 10.2 Å². The Morgan fingerprint density at radius 1 is 1.25 bits per heavy atom. The highest BCUT2D eigenvalue weighted by molar-refractivity contribution is 4.89. The molecule has 0 rings (SSSR count). The van der Waals surface area contributed by atoms with Crippen molar-refractivity contribution in [2.24, 2.45) is 11.1 Å². The van der Waals surface area contributed by atoms with Gasteiger partial charge in [0.2, 0.25) is 0 Å². The van der Waals surface area contributed by atoms with Gasteiger partial charge in [-0.1, -0.05) is 13.8 Å². The van der Waals surface area contributed by atoms with E-state index in [1.807, 2.05) is 0 Å². The van der Waals surface area contributed by atoms with Crippen LogP contribution in [0.3, 0.4) is 0 Å². The summed E-state index contributed by atoms with van der Waals surface area (Å²) < 4.78 is 0. The van der Waals surface area contributed by atoms with Crippen LogP contribution in [0.2, 0.25) is 0 Å². The molecule has 0 heterocycles. The summed E-state index contributed by atoms with van der Waals surface area (Å²) in [7, 11) is 3.47. The van der Waals surface area contributed by atoms with E-state index in [0.717, 1.165) is 0 Å². The Morgan fingerprint density at radius 3 is 1.67 bits per heavy atom. The SMILES string of the molecule is CN(C)C(O)C(C)(C)C(C)(N)O. The molecule has 4 heteroatoms. The fourth-order valence-corrected chi connectivity index (χ4v) is 0.907. The fourth-order valence-electron chi connectivity index (χ4n) is 0.907. The zero-order valence-corrected chi connectivity index (χ0v) is 8.50. The molecule has 0 amide bonds. The van der Waals surface area contributed by atoms with Crippen LogP contribution in [0.25, 0.3) is 0 Å². The molecular weight excluding hydrogens is 156 g/mol. The van der Waals surface area contributed by atoms with E-state index in [4.69, 9.17) is 5.73 Å². The van der Waals surface area contributed by atoms with Crippen molar-refractivity contribution in [2.75, 3.05) is 14.1 Å². The first-order valence-electron chi connectivity index (χ1n) is 3.96. The van der Waals surface area contributed by atoms with E-state index in [1.54, 1.807) is 32.8 Å². The Morgan fingerprint density at radius 2 is 1.58 bits per heavy atom. The summed E-state index contributed by atoms with van der Waals surface area (Å²) in [5, 5.41) is 19.2. The molecule has 2 atom stereocenters. The molecule has 0 bridgehead atoms. The molecule has 0 aliphatic rings. The number of rotatable bonds is 3. The van der Waals surface area contributed by atoms with Crippen LogP contribution in [0.1, 0.15) is 20.8 Å². The highest BCUT2D eigenvalue weighted by Gasteiger charge is 2.43. The molecule has 0 aliphatic heterocycles. The normalized spacial score (nSPS) is 20.8. The first-order chi connectivity index (χ1) is 5.10. The summed E-state index contributed by atoms with van der Waals surface area (Å²) in [4.78, 5) is 1.61. The zero-order valence-electron chi connectivity index (χ0n) is 8.50. The van der Waals surface area contributed by atoms with Gasteiger partial charge in [0, 0.05) is 5.41 Å². The summed E-state index contributed by atoms with van der Waals surface area (Å²) in [6.45, 7) is 4.93. The minimum atomic E-state index is -1.39. The van der Waals surface area contributed by atoms with Crippen LogP contribution in [0.15, 0.2) is 0 Å². The number of aliphatic hydroxyl groups excluding tert-OH is 1. The molecule has 0 saturated heterocycles. The summed E-state index contributed by atoms with van der Waals surface area (Å²) in [6, 6.07) is 0. The molecule has 0 aromatic rings. The molecule has 0 aromatic heterocycles. The van der Waals surface area contributed by atoms with Gasteiger partial charge in [-0.15, -0.1) is 0 Å². The Labute approximate surface area is 74.0 Å². The molecule has 0 saturated carbocycles. The van der Waals surface area contributed by atoms with E-state index < -0.39 is 17.4 Å². The summed E-state index contributed by atoms with van der Waals surface area (Å²) in [5.41, 5.74) is 3.36. The van der Waals surface area contributed by atoms with Gasteiger partial charge in [-0.2, -0.15) is 0 Å². The molecule has 74 valence electrons. The van der Waals surface area contributed by atoms with Gasteiger partial charge in [0.15, 0.2) is 0 Å². The van der Waals surface area contributed by atoms with Gasteiger partial charge in [0.05, 0.1) is 0 Å². The number of nitrogens with two attached hydrogens (primary N) is 1. The first kappa shape index (κ1) is 11.8. The topological polar surface area (TPSA) is 69.7 Å². The van der Waals surface area contributed by atoms with Crippen LogP contribution in [0, 0.1) is 5.41 Å². The number of hydrogen-bond acceptors (Lipinski definition) is 4. The lowest BCUT2D eigenvalue weighted by molar-refractivity contribution is -0.155. The van der Waals surface area contributed by atoms with Gasteiger partial charge in [0.25, 0.3) is 0 Å². The van der Waals surface area contributed by atoms with Gasteiger partial charge in [-0.05, 0) is 21.0 Å². The van der Waals surface area contributed by atoms with Gasteiger partial charge >= 0.3 is 0 Å². The van der Waals surface area contributed by atoms with Crippen molar-refractivity contribution in [1.82, 2.24) is 4.90 Å². The van der Waals surface area contributed by atoms with Crippen molar-refractivity contribution in [2.45, 2.75) is 32.7 Å². The van der Waals surface area contributed by atoms with Crippen molar-refractivity contribution in [3.8, 4) is 0 Å². The molecular formula is C8H20N2O2. The van der Waals surface area contributed by atoms with Crippen LogP contribution in [-0.4, -0.2) is 41.2 Å². The molecule has 0 spiro atoms. The summed E-state index contributed by atoms with van der Waals surface area (Å²) >= 11 is 0. The highest BCUT2D eigenvalue weighted by Crippen LogP contribution is 2.31. The fraction of sp³-hybridized carbons (Fsp3) is 1.00. The molecule has 0 aromatic carbocycles. The minimum Gasteiger partial charge on any atom is -0.378 e. The average Bonchev–Trinajstić information content (AvgIpc) is 1.83. The maximum absolute atomic E-state index is 9.68. The second kappa shape index (κ2) is 3.30. The third kappa shape index (κ3) is 2.17. The summed E-state index contributed by atoms with van der Waals surface area (Å²) in [5.74, 6) is 0. The van der Waals surface area contributed by atoms with E-state index >= 15 is 0 Å². The van der Waals surface area contributed by atoms with E-state index in [1.165, 1.54) is 6.92 Å². The quantitative estimate of drug-likeness (QED) is 0.510. The minimum absolute atomic E-state index is 0.766. The maximum Gasteiger partial charge on any atom is 0.119 e. The van der Waals surface area contributed by atoms with Crippen LogP contribution in [0.5, 0.6) is 0 Å². The van der Waals surface area contributed by atoms with Crippen molar-refractivity contribution >= 4 is 0 Å². The van der Waals surface area contributed by atoms with Crippen molar-refractivity contribution in [3.63, 3.8) is 0 Å². The Hall–Kier alpha value is -0.160. The third-order valence-corrected chi connectivity index (χ3v) is 2.44. The van der Waals surface area contributed by atoms with Crippen LogP contribution in [-0.2, 0) is 0 Å². The Bertz CT molecular complexity index is 150. The molecule has 0 radical (unpaired) electrons. The predicted octanol–water partition coefficient (Wildman–Crippen LogP) is -0.440. The average molecular weight is 176 g/mol. The second-order valence-electron chi connectivity index (χ2n) is 4.21. The number of hydrogen-bond donors (Lipinski definition) is 3. The standard InChI is InChI=1S/C8H20N2O2/c1-7(2,8(3,9)12)6(11)10(4)5/h6,11-12H,9H2,1-5H3. The highest BCUT2D eigenvalue weighted by atomic mass is 16.3. The van der Waals surface area contributed by atoms with Gasteiger partial charge in [-0.25, -0.2) is 0 Å². The zero-order chi connectivity index (χ0) is 10.2. The smallest absolute Gasteiger partial charge is 0.119 e. The van der Waals surface area contributed by atoms with E-state index in [2.05, 4.69) is 0 Å². The lowest BCUT2D eigenvalue weighted by atomic mass is 9.80. The van der Waals surface area contributed by atoms with Crippen molar-refractivity contribution in [1.29, 1.82) is 0 Å². The molecule has 4 N–H and O–H groups in total. The van der Waals surface area contributed by atoms with Crippen LogP contribution < -0.4 is 5.73 Å². The van der Waals surface area contributed by atoms with Crippen LogP contribution >= 0.6 is 0 Å². The number of aliphatic hydroxyl groups is 2. The van der Waals surface area contributed by atoms with Crippen molar-refractivity contribution < 1.29 is 10.2 Å².